The first-order valence-electron chi connectivity index (χ1n) is 11.9. The maximum Gasteiger partial charge on any atom is 0.336 e. The Kier molecular flexibility index (Phi) is 7.01. The molecule has 8 nitrogen and oxygen atoms in total. The molecule has 2 N–H and O–H groups in total. The van der Waals surface area contributed by atoms with Crippen LogP contribution in [-0.4, -0.2) is 20.9 Å². The lowest BCUT2D eigenvalue weighted by molar-refractivity contribution is -0.117. The van der Waals surface area contributed by atoms with Crippen LogP contribution in [0.15, 0.2) is 99.9 Å². The maximum absolute atomic E-state index is 13.5. The molecule has 2 amide bonds. The van der Waals surface area contributed by atoms with Gasteiger partial charge in [0.05, 0.1) is 17.6 Å². The summed E-state index contributed by atoms with van der Waals surface area (Å²) in [5.74, 6) is -0.554. The number of para-hydroxylation sites is 2. The van der Waals surface area contributed by atoms with Crippen molar-refractivity contribution in [2.75, 3.05) is 10.6 Å². The first kappa shape index (κ1) is 24.9. The zero-order valence-corrected chi connectivity index (χ0v) is 21.3. The van der Waals surface area contributed by atoms with Gasteiger partial charge in [0.2, 0.25) is 11.8 Å². The van der Waals surface area contributed by atoms with E-state index in [0.29, 0.717) is 27.3 Å². The number of amides is 2. The molecule has 0 spiro atoms. The highest BCUT2D eigenvalue weighted by molar-refractivity contribution is 7.17. The molecule has 0 saturated carbocycles. The van der Waals surface area contributed by atoms with Gasteiger partial charge in [-0.15, -0.1) is 11.3 Å². The van der Waals surface area contributed by atoms with Gasteiger partial charge in [-0.05, 0) is 59.8 Å². The summed E-state index contributed by atoms with van der Waals surface area (Å²) < 4.78 is 2.75. The van der Waals surface area contributed by atoms with Crippen molar-refractivity contribution in [2.24, 2.45) is 0 Å². The fourth-order valence-electron chi connectivity index (χ4n) is 4.19. The van der Waals surface area contributed by atoms with Crippen molar-refractivity contribution < 1.29 is 9.59 Å². The minimum atomic E-state index is -0.615. The Hall–Kier alpha value is -4.76. The third-order valence-corrected chi connectivity index (χ3v) is 6.98. The molecule has 38 heavy (non-hydrogen) atoms. The smallest absolute Gasteiger partial charge is 0.326 e. The van der Waals surface area contributed by atoms with Crippen LogP contribution in [0.25, 0.3) is 15.9 Å². The third kappa shape index (κ3) is 5.18. The Morgan fingerprint density at radius 2 is 1.53 bits per heavy atom. The number of anilines is 2. The number of carbonyl (C=O) groups is 2. The third-order valence-electron chi connectivity index (χ3n) is 6.09. The molecule has 0 radical (unpaired) electrons. The number of aromatic nitrogens is 2. The number of carbonyl (C=O) groups excluding carboxylic acids is 2. The number of benzene rings is 3. The number of nitrogens with zero attached hydrogens (tertiary/aromatic N) is 2. The van der Waals surface area contributed by atoms with Gasteiger partial charge in [0.25, 0.3) is 5.56 Å². The van der Waals surface area contributed by atoms with E-state index in [-0.39, 0.29) is 24.8 Å². The molecule has 5 rings (SSSR count). The second-order valence-electron chi connectivity index (χ2n) is 8.76. The molecule has 0 saturated heterocycles. The predicted octanol–water partition coefficient (Wildman–Crippen LogP) is 4.34. The Bertz CT molecular complexity index is 1750. The SMILES string of the molecule is Cc1ccccc1NC(=O)Cn1c(=O)n(-c2ccc(CC(=O)Nc3ccccc3)cc2)c(=O)c2sccc21. The molecule has 0 fully saturated rings. The van der Waals surface area contributed by atoms with Crippen molar-refractivity contribution in [3.8, 4) is 5.69 Å². The second kappa shape index (κ2) is 10.7. The molecule has 2 aromatic heterocycles. The number of fused-ring (bicyclic) bond motifs is 1. The van der Waals surface area contributed by atoms with E-state index in [4.69, 9.17) is 0 Å². The van der Waals surface area contributed by atoms with E-state index in [1.54, 1.807) is 53.9 Å². The average Bonchev–Trinajstić information content (AvgIpc) is 3.40. The van der Waals surface area contributed by atoms with Crippen LogP contribution in [0, 0.1) is 6.92 Å². The molecular weight excluding hydrogens is 500 g/mol. The summed E-state index contributed by atoms with van der Waals surface area (Å²) in [6.45, 7) is 1.63. The lowest BCUT2D eigenvalue weighted by Crippen LogP contribution is -2.40. The van der Waals surface area contributed by atoms with E-state index in [0.717, 1.165) is 15.7 Å². The van der Waals surface area contributed by atoms with Crippen molar-refractivity contribution in [1.82, 2.24) is 9.13 Å². The zero-order chi connectivity index (χ0) is 26.6. The monoisotopic (exact) mass is 524 g/mol. The van der Waals surface area contributed by atoms with E-state index < -0.39 is 11.2 Å². The van der Waals surface area contributed by atoms with Crippen molar-refractivity contribution >= 4 is 44.7 Å². The highest BCUT2D eigenvalue weighted by Gasteiger charge is 2.18. The van der Waals surface area contributed by atoms with E-state index in [9.17, 15) is 19.2 Å². The first-order valence-corrected chi connectivity index (χ1v) is 12.8. The van der Waals surface area contributed by atoms with Crippen LogP contribution in [0.4, 0.5) is 11.4 Å². The van der Waals surface area contributed by atoms with Crippen LogP contribution in [0.5, 0.6) is 0 Å². The van der Waals surface area contributed by atoms with E-state index >= 15 is 0 Å². The first-order chi connectivity index (χ1) is 18.4. The van der Waals surface area contributed by atoms with Crippen LogP contribution in [-0.2, 0) is 22.6 Å². The van der Waals surface area contributed by atoms with Gasteiger partial charge < -0.3 is 10.6 Å². The van der Waals surface area contributed by atoms with Crippen LogP contribution < -0.4 is 21.9 Å². The molecule has 5 aromatic rings. The second-order valence-corrected chi connectivity index (χ2v) is 9.68. The zero-order valence-electron chi connectivity index (χ0n) is 20.5. The van der Waals surface area contributed by atoms with E-state index in [1.807, 2.05) is 43.3 Å². The normalized spacial score (nSPS) is 10.9. The lowest BCUT2D eigenvalue weighted by Gasteiger charge is -2.13. The number of nitrogens with one attached hydrogen (secondary N) is 2. The molecule has 0 aliphatic rings. The number of aryl methyl sites for hydroxylation is 1. The maximum atomic E-state index is 13.5. The van der Waals surface area contributed by atoms with Crippen molar-refractivity contribution in [2.45, 2.75) is 19.9 Å². The van der Waals surface area contributed by atoms with Gasteiger partial charge in [-0.2, -0.15) is 0 Å². The Labute approximate surface area is 221 Å². The van der Waals surface area contributed by atoms with Crippen LogP contribution in [0.2, 0.25) is 0 Å². The number of thiophene rings is 1. The summed E-state index contributed by atoms with van der Waals surface area (Å²) in [4.78, 5) is 52.0. The molecule has 0 bridgehead atoms. The summed E-state index contributed by atoms with van der Waals surface area (Å²) in [6, 6.07) is 24.9. The average molecular weight is 525 g/mol. The molecule has 0 unspecified atom stereocenters. The topological polar surface area (TPSA) is 102 Å². The van der Waals surface area contributed by atoms with E-state index in [2.05, 4.69) is 10.6 Å². The van der Waals surface area contributed by atoms with Gasteiger partial charge in [-0.25, -0.2) is 9.36 Å². The van der Waals surface area contributed by atoms with Crippen LogP contribution in [0.1, 0.15) is 11.1 Å². The molecule has 3 aromatic carbocycles. The van der Waals surface area contributed by atoms with Gasteiger partial charge in [-0.1, -0.05) is 48.5 Å². The fourth-order valence-corrected chi connectivity index (χ4v) is 5.01. The molecule has 9 heteroatoms. The minimum absolute atomic E-state index is 0.136. The van der Waals surface area contributed by atoms with Gasteiger partial charge in [0.1, 0.15) is 11.2 Å². The molecule has 0 aliphatic carbocycles. The molecule has 0 aliphatic heterocycles. The minimum Gasteiger partial charge on any atom is -0.326 e. The summed E-state index contributed by atoms with van der Waals surface area (Å²) >= 11 is 1.21. The fraction of sp³-hybridized carbons (Fsp3) is 0.103. The largest absolute Gasteiger partial charge is 0.336 e. The predicted molar refractivity (Wildman–Crippen MR) is 150 cm³/mol. The highest BCUT2D eigenvalue weighted by atomic mass is 32.1. The van der Waals surface area contributed by atoms with Gasteiger partial charge in [0, 0.05) is 11.4 Å². The molecule has 0 atom stereocenters. The number of rotatable bonds is 7. The van der Waals surface area contributed by atoms with Crippen molar-refractivity contribution in [1.29, 1.82) is 0 Å². The molecule has 2 heterocycles. The summed E-state index contributed by atoms with van der Waals surface area (Å²) in [5.41, 5.74) is 2.69. The van der Waals surface area contributed by atoms with E-state index in [1.165, 1.54) is 15.9 Å². The highest BCUT2D eigenvalue weighted by Crippen LogP contribution is 2.18. The van der Waals surface area contributed by atoms with Gasteiger partial charge in [0.15, 0.2) is 0 Å². The van der Waals surface area contributed by atoms with Crippen LogP contribution in [0.3, 0.4) is 0 Å². The Morgan fingerprint density at radius 3 is 2.26 bits per heavy atom. The van der Waals surface area contributed by atoms with Gasteiger partial charge in [-0.3, -0.25) is 19.0 Å². The van der Waals surface area contributed by atoms with Crippen molar-refractivity contribution in [3.05, 3.63) is 122 Å². The standard InChI is InChI=1S/C29H24N4O4S/c1-19-7-5-6-10-23(19)31-26(35)18-32-24-15-16-38-27(24)28(36)33(29(32)37)22-13-11-20(12-14-22)17-25(34)30-21-8-3-2-4-9-21/h2-16H,17-18H2,1H3,(H,30,34)(H,31,35). The Balaban J connectivity index is 1.42. The number of hydrogen-bond acceptors (Lipinski definition) is 5. The molecular formula is C29H24N4O4S. The lowest BCUT2D eigenvalue weighted by atomic mass is 10.1. The summed E-state index contributed by atoms with van der Waals surface area (Å²) in [5, 5.41) is 7.40. The summed E-state index contributed by atoms with van der Waals surface area (Å²) in [6.07, 6.45) is 0.136. The number of hydrogen-bond donors (Lipinski definition) is 2. The van der Waals surface area contributed by atoms with Crippen LogP contribution >= 0.6 is 11.3 Å². The quantitative estimate of drug-likeness (QED) is 0.331. The Morgan fingerprint density at radius 1 is 0.816 bits per heavy atom. The molecule has 190 valence electrons. The summed E-state index contributed by atoms with van der Waals surface area (Å²) in [7, 11) is 0. The van der Waals surface area contributed by atoms with Crippen molar-refractivity contribution in [3.63, 3.8) is 0 Å². The van der Waals surface area contributed by atoms with Gasteiger partial charge >= 0.3 is 5.69 Å².